The Kier molecular flexibility index (Phi) is 8.21. The van der Waals surface area contributed by atoms with Crippen molar-refractivity contribution in [3.63, 3.8) is 0 Å². The summed E-state index contributed by atoms with van der Waals surface area (Å²) < 4.78 is 0. The summed E-state index contributed by atoms with van der Waals surface area (Å²) >= 11 is 1.86. The zero-order valence-corrected chi connectivity index (χ0v) is 31.4. The molecule has 1 aliphatic carbocycles. The number of aryl methyl sites for hydroxylation is 2. The molecule has 53 heavy (non-hydrogen) atoms. The van der Waals surface area contributed by atoms with Gasteiger partial charge in [-0.3, -0.25) is 0 Å². The zero-order chi connectivity index (χ0) is 36.1. The molecule has 2 heteroatoms. The average Bonchev–Trinajstić information content (AvgIpc) is 3.78. The molecule has 0 amide bonds. The minimum absolute atomic E-state index is 0.00572. The molecule has 1 aromatic heterocycles. The number of hydrogen-bond donors (Lipinski definition) is 0. The Balaban J connectivity index is 1.03. The van der Waals surface area contributed by atoms with E-state index in [2.05, 4.69) is 209 Å². The van der Waals surface area contributed by atoms with Gasteiger partial charge in [0.2, 0.25) is 0 Å². The maximum Gasteiger partial charge on any atom is 0.0462 e. The first-order valence-corrected chi connectivity index (χ1v) is 19.2. The molecular formula is C51H41NS. The van der Waals surface area contributed by atoms with Gasteiger partial charge in [-0.15, -0.1) is 11.3 Å². The van der Waals surface area contributed by atoms with Crippen LogP contribution in [0.3, 0.4) is 0 Å². The minimum atomic E-state index is 0.00572. The fourth-order valence-electron chi connectivity index (χ4n) is 7.90. The lowest BCUT2D eigenvalue weighted by Crippen LogP contribution is -2.15. The number of hydrogen-bond acceptors (Lipinski definition) is 2. The molecule has 256 valence electrons. The molecule has 1 aliphatic rings. The van der Waals surface area contributed by atoms with Gasteiger partial charge in [0.15, 0.2) is 0 Å². The van der Waals surface area contributed by atoms with Gasteiger partial charge in [-0.05, 0) is 135 Å². The standard InChI is InChI=1S/C51H41NS/c1-34-31-45-46-33-41(21-28-47(46)51(3,4)48(45)32-35(34)2)50-30-29-49(53-50)40-19-26-44(27-20-40)52(42-22-15-38(16-23-42)36-11-7-5-8-12-36)43-24-17-39(18-25-43)37-13-9-6-10-14-37/h5-33H,1-4H3. The second-order valence-corrected chi connectivity index (χ2v) is 15.8. The lowest BCUT2D eigenvalue weighted by molar-refractivity contribution is 0.659. The van der Waals surface area contributed by atoms with Crippen LogP contribution in [-0.4, -0.2) is 0 Å². The van der Waals surface area contributed by atoms with Crippen molar-refractivity contribution < 1.29 is 0 Å². The number of anilines is 3. The molecule has 0 unspecified atom stereocenters. The lowest BCUT2D eigenvalue weighted by atomic mass is 9.81. The van der Waals surface area contributed by atoms with Crippen LogP contribution in [-0.2, 0) is 5.41 Å². The van der Waals surface area contributed by atoms with Gasteiger partial charge >= 0.3 is 0 Å². The average molecular weight is 700 g/mol. The summed E-state index contributed by atoms with van der Waals surface area (Å²) in [6.45, 7) is 9.17. The van der Waals surface area contributed by atoms with Gasteiger partial charge in [0.1, 0.15) is 0 Å². The van der Waals surface area contributed by atoms with Crippen LogP contribution in [0.15, 0.2) is 176 Å². The third kappa shape index (κ3) is 6.00. The van der Waals surface area contributed by atoms with Crippen molar-refractivity contribution in [2.24, 2.45) is 0 Å². The molecule has 8 aromatic rings. The van der Waals surface area contributed by atoms with Gasteiger partial charge in [-0.2, -0.15) is 0 Å². The van der Waals surface area contributed by atoms with Crippen LogP contribution in [0, 0.1) is 13.8 Å². The molecule has 1 nitrogen and oxygen atoms in total. The van der Waals surface area contributed by atoms with Crippen molar-refractivity contribution in [1.82, 2.24) is 0 Å². The maximum absolute atomic E-state index is 2.42. The van der Waals surface area contributed by atoms with Crippen molar-refractivity contribution in [3.05, 3.63) is 198 Å². The van der Waals surface area contributed by atoms with Gasteiger partial charge in [0.25, 0.3) is 0 Å². The third-order valence-corrected chi connectivity index (χ3v) is 12.2. The smallest absolute Gasteiger partial charge is 0.0462 e. The Morgan fingerprint density at radius 3 is 1.32 bits per heavy atom. The predicted molar refractivity (Wildman–Crippen MR) is 228 cm³/mol. The second kappa shape index (κ2) is 13.2. The summed E-state index contributed by atoms with van der Waals surface area (Å²) in [6.07, 6.45) is 0. The summed E-state index contributed by atoms with van der Waals surface area (Å²) in [5.74, 6) is 0. The largest absolute Gasteiger partial charge is 0.311 e. The van der Waals surface area contributed by atoms with Gasteiger partial charge in [-0.1, -0.05) is 135 Å². The zero-order valence-electron chi connectivity index (χ0n) is 30.6. The maximum atomic E-state index is 2.42. The highest BCUT2D eigenvalue weighted by Gasteiger charge is 2.36. The van der Waals surface area contributed by atoms with E-state index >= 15 is 0 Å². The van der Waals surface area contributed by atoms with Crippen LogP contribution < -0.4 is 4.90 Å². The van der Waals surface area contributed by atoms with Crippen LogP contribution in [0.2, 0.25) is 0 Å². The fourth-order valence-corrected chi connectivity index (χ4v) is 8.91. The Bertz CT molecular complexity index is 2480. The van der Waals surface area contributed by atoms with Gasteiger partial charge in [-0.25, -0.2) is 0 Å². The molecule has 0 N–H and O–H groups in total. The summed E-state index contributed by atoms with van der Waals surface area (Å²) in [6, 6.07) is 64.4. The molecule has 0 atom stereocenters. The van der Waals surface area contributed by atoms with Crippen molar-refractivity contribution in [3.8, 4) is 54.3 Å². The highest BCUT2D eigenvalue weighted by atomic mass is 32.1. The van der Waals surface area contributed by atoms with E-state index in [9.17, 15) is 0 Å². The van der Waals surface area contributed by atoms with E-state index in [1.54, 1.807) is 0 Å². The quantitative estimate of drug-likeness (QED) is 0.160. The molecule has 0 aliphatic heterocycles. The molecule has 0 bridgehead atoms. The van der Waals surface area contributed by atoms with E-state index < -0.39 is 0 Å². The van der Waals surface area contributed by atoms with Crippen LogP contribution in [0.25, 0.3) is 54.3 Å². The summed E-state index contributed by atoms with van der Waals surface area (Å²) in [7, 11) is 0. The number of nitrogens with zero attached hydrogens (tertiary/aromatic N) is 1. The lowest BCUT2D eigenvalue weighted by Gasteiger charge is -2.26. The molecule has 1 heterocycles. The van der Waals surface area contributed by atoms with Gasteiger partial charge < -0.3 is 4.90 Å². The Labute approximate surface area is 317 Å². The van der Waals surface area contributed by atoms with E-state index in [0.29, 0.717) is 0 Å². The monoisotopic (exact) mass is 699 g/mol. The van der Waals surface area contributed by atoms with Crippen LogP contribution in [0.4, 0.5) is 17.1 Å². The van der Waals surface area contributed by atoms with E-state index in [0.717, 1.165) is 17.1 Å². The third-order valence-electron chi connectivity index (χ3n) is 11.1. The highest BCUT2D eigenvalue weighted by molar-refractivity contribution is 7.18. The summed E-state index contributed by atoms with van der Waals surface area (Å²) in [4.78, 5) is 4.91. The molecule has 0 saturated heterocycles. The number of fused-ring (bicyclic) bond motifs is 3. The summed E-state index contributed by atoms with van der Waals surface area (Å²) in [5, 5.41) is 0. The summed E-state index contributed by atoms with van der Waals surface area (Å²) in [5.41, 5.74) is 19.1. The van der Waals surface area contributed by atoms with E-state index in [1.165, 1.54) is 76.5 Å². The number of thiophene rings is 1. The molecule has 0 saturated carbocycles. The molecule has 9 rings (SSSR count). The SMILES string of the molecule is Cc1cc2c(cc1C)C(C)(C)c1ccc(-c3ccc(-c4ccc(N(c5ccc(-c6ccccc6)cc5)c5ccc(-c6ccccc6)cc5)cc4)s3)cc1-2. The molecule has 0 spiro atoms. The Hall–Kier alpha value is -5.96. The highest BCUT2D eigenvalue weighted by Crippen LogP contribution is 2.51. The molecule has 0 fully saturated rings. The Morgan fingerprint density at radius 2 is 0.792 bits per heavy atom. The molecular weight excluding hydrogens is 659 g/mol. The van der Waals surface area contributed by atoms with Crippen molar-refractivity contribution in [2.45, 2.75) is 33.1 Å². The minimum Gasteiger partial charge on any atom is -0.311 e. The van der Waals surface area contributed by atoms with Crippen molar-refractivity contribution in [2.75, 3.05) is 4.90 Å². The van der Waals surface area contributed by atoms with E-state index in [-0.39, 0.29) is 5.41 Å². The van der Waals surface area contributed by atoms with E-state index in [1.807, 2.05) is 11.3 Å². The number of rotatable bonds is 7. The Morgan fingerprint density at radius 1 is 0.377 bits per heavy atom. The first kappa shape index (κ1) is 32.9. The van der Waals surface area contributed by atoms with Crippen molar-refractivity contribution >= 4 is 28.4 Å². The number of benzene rings is 7. The van der Waals surface area contributed by atoms with Gasteiger partial charge in [0, 0.05) is 32.2 Å². The van der Waals surface area contributed by atoms with Crippen LogP contribution >= 0.6 is 11.3 Å². The first-order valence-electron chi connectivity index (χ1n) is 18.4. The topological polar surface area (TPSA) is 3.24 Å². The second-order valence-electron chi connectivity index (χ2n) is 14.7. The van der Waals surface area contributed by atoms with Crippen LogP contribution in [0.5, 0.6) is 0 Å². The van der Waals surface area contributed by atoms with Crippen LogP contribution in [0.1, 0.15) is 36.1 Å². The fraction of sp³-hybridized carbons (Fsp3) is 0.0980. The molecule has 0 radical (unpaired) electrons. The predicted octanol–water partition coefficient (Wildman–Crippen LogP) is 14.8. The van der Waals surface area contributed by atoms with Gasteiger partial charge in [0.05, 0.1) is 0 Å². The van der Waals surface area contributed by atoms with E-state index in [4.69, 9.17) is 0 Å². The molecule has 7 aromatic carbocycles. The normalized spacial score (nSPS) is 12.7. The first-order chi connectivity index (χ1) is 25.8. The van der Waals surface area contributed by atoms with Crippen molar-refractivity contribution in [1.29, 1.82) is 0 Å².